The zero-order valence-electron chi connectivity index (χ0n) is 8.89. The summed E-state index contributed by atoms with van der Waals surface area (Å²) in [6, 6.07) is 0.399. The van der Waals surface area contributed by atoms with E-state index in [-0.39, 0.29) is 0 Å². The van der Waals surface area contributed by atoms with Crippen LogP contribution in [0.4, 0.5) is 0 Å². The van der Waals surface area contributed by atoms with Gasteiger partial charge in [0.15, 0.2) is 0 Å². The molecule has 0 aliphatic heterocycles. The van der Waals surface area contributed by atoms with Crippen LogP contribution in [-0.4, -0.2) is 19.1 Å². The highest BCUT2D eigenvalue weighted by atomic mass is 14.9. The predicted molar refractivity (Wildman–Crippen MR) is 57.7 cm³/mol. The number of hydrogen-bond donors (Lipinski definition) is 2. The van der Waals surface area contributed by atoms with Crippen LogP contribution in [0, 0.1) is 5.92 Å². The molecule has 0 aromatic rings. The smallest absolute Gasteiger partial charge is 0.00482 e. The summed E-state index contributed by atoms with van der Waals surface area (Å²) in [4.78, 5) is 0. The summed E-state index contributed by atoms with van der Waals surface area (Å²) in [5.41, 5.74) is 5.81. The molecule has 3 N–H and O–H groups in total. The summed E-state index contributed by atoms with van der Waals surface area (Å²) in [6.07, 6.45) is 7.99. The van der Waals surface area contributed by atoms with E-state index in [1.165, 1.54) is 32.2 Å². The molecule has 1 unspecified atom stereocenters. The van der Waals surface area contributed by atoms with E-state index >= 15 is 0 Å². The van der Waals surface area contributed by atoms with Gasteiger partial charge in [0.2, 0.25) is 0 Å². The molecule has 0 radical (unpaired) electrons. The van der Waals surface area contributed by atoms with E-state index in [2.05, 4.69) is 12.2 Å². The lowest BCUT2D eigenvalue weighted by Gasteiger charge is -2.09. The van der Waals surface area contributed by atoms with Gasteiger partial charge in [0, 0.05) is 6.04 Å². The maximum absolute atomic E-state index is 5.81. The molecule has 1 aliphatic rings. The minimum Gasteiger partial charge on any atom is -0.328 e. The van der Waals surface area contributed by atoms with E-state index in [0.29, 0.717) is 6.04 Å². The van der Waals surface area contributed by atoms with Gasteiger partial charge in [-0.05, 0) is 44.7 Å². The molecule has 1 atom stereocenters. The Morgan fingerprint density at radius 2 is 2.15 bits per heavy atom. The highest BCUT2D eigenvalue weighted by molar-refractivity contribution is 4.73. The first-order valence-electron chi connectivity index (χ1n) is 5.79. The summed E-state index contributed by atoms with van der Waals surface area (Å²) >= 11 is 0. The zero-order chi connectivity index (χ0) is 9.52. The lowest BCUT2D eigenvalue weighted by molar-refractivity contribution is 0.531. The van der Waals surface area contributed by atoms with Gasteiger partial charge in [-0.1, -0.05) is 19.8 Å². The van der Waals surface area contributed by atoms with E-state index in [9.17, 15) is 0 Å². The maximum atomic E-state index is 5.81. The van der Waals surface area contributed by atoms with Crippen LogP contribution in [0.15, 0.2) is 0 Å². The average Bonchev–Trinajstić information content (AvgIpc) is 2.94. The van der Waals surface area contributed by atoms with Crippen LogP contribution < -0.4 is 11.1 Å². The maximum Gasteiger partial charge on any atom is 0.00482 e. The first-order valence-corrected chi connectivity index (χ1v) is 5.79. The number of rotatable bonds is 8. The molecule has 0 aromatic heterocycles. The third-order valence-electron chi connectivity index (χ3n) is 2.88. The SMILES string of the molecule is CCC(N)CCNCCCC1CC1. The van der Waals surface area contributed by atoms with E-state index in [1.807, 2.05) is 0 Å². The summed E-state index contributed by atoms with van der Waals surface area (Å²) in [5, 5.41) is 3.45. The molecule has 1 saturated carbocycles. The molecule has 0 aromatic carbocycles. The van der Waals surface area contributed by atoms with Crippen LogP contribution in [0.2, 0.25) is 0 Å². The van der Waals surface area contributed by atoms with Crippen molar-refractivity contribution in [1.29, 1.82) is 0 Å². The molecule has 1 aliphatic carbocycles. The van der Waals surface area contributed by atoms with Crippen LogP contribution in [0.25, 0.3) is 0 Å². The van der Waals surface area contributed by atoms with Gasteiger partial charge >= 0.3 is 0 Å². The third-order valence-corrected chi connectivity index (χ3v) is 2.88. The van der Waals surface area contributed by atoms with E-state index in [4.69, 9.17) is 5.73 Å². The molecule has 1 rings (SSSR count). The monoisotopic (exact) mass is 184 g/mol. The Hall–Kier alpha value is -0.0800. The van der Waals surface area contributed by atoms with Crippen molar-refractivity contribution < 1.29 is 0 Å². The zero-order valence-corrected chi connectivity index (χ0v) is 8.89. The van der Waals surface area contributed by atoms with Gasteiger partial charge in [-0.25, -0.2) is 0 Å². The van der Waals surface area contributed by atoms with Crippen molar-refractivity contribution in [1.82, 2.24) is 5.32 Å². The van der Waals surface area contributed by atoms with E-state index in [1.54, 1.807) is 0 Å². The Morgan fingerprint density at radius 1 is 1.38 bits per heavy atom. The molecule has 0 saturated heterocycles. The molecule has 0 bridgehead atoms. The fourth-order valence-electron chi connectivity index (χ4n) is 1.54. The van der Waals surface area contributed by atoms with Crippen molar-refractivity contribution in [3.05, 3.63) is 0 Å². The lowest BCUT2D eigenvalue weighted by atomic mass is 10.1. The van der Waals surface area contributed by atoms with Crippen LogP contribution in [0.1, 0.15) is 45.4 Å². The van der Waals surface area contributed by atoms with Crippen molar-refractivity contribution in [2.45, 2.75) is 51.5 Å². The lowest BCUT2D eigenvalue weighted by Crippen LogP contribution is -2.26. The molecule has 0 amide bonds. The van der Waals surface area contributed by atoms with Crippen LogP contribution in [0.3, 0.4) is 0 Å². The third kappa shape index (κ3) is 6.05. The second-order valence-electron chi connectivity index (χ2n) is 4.29. The Balaban J connectivity index is 1.72. The molecule has 0 spiro atoms. The summed E-state index contributed by atoms with van der Waals surface area (Å²) in [6.45, 7) is 4.43. The minimum atomic E-state index is 0.399. The Labute approximate surface area is 82.3 Å². The van der Waals surface area contributed by atoms with Crippen LogP contribution >= 0.6 is 0 Å². The van der Waals surface area contributed by atoms with Crippen molar-refractivity contribution in [3.63, 3.8) is 0 Å². The van der Waals surface area contributed by atoms with Crippen molar-refractivity contribution in [2.75, 3.05) is 13.1 Å². The summed E-state index contributed by atoms with van der Waals surface area (Å²) < 4.78 is 0. The van der Waals surface area contributed by atoms with Gasteiger partial charge in [-0.3, -0.25) is 0 Å². The molecule has 1 fully saturated rings. The van der Waals surface area contributed by atoms with Gasteiger partial charge in [-0.2, -0.15) is 0 Å². The first-order chi connectivity index (χ1) is 6.33. The van der Waals surface area contributed by atoms with Crippen molar-refractivity contribution >= 4 is 0 Å². The van der Waals surface area contributed by atoms with Crippen molar-refractivity contribution in [2.24, 2.45) is 11.7 Å². The second kappa shape index (κ2) is 6.39. The van der Waals surface area contributed by atoms with Crippen LogP contribution in [-0.2, 0) is 0 Å². The molecule has 2 heteroatoms. The molecule has 2 nitrogen and oxygen atoms in total. The number of nitrogens with one attached hydrogen (secondary N) is 1. The van der Waals surface area contributed by atoms with Gasteiger partial charge in [-0.15, -0.1) is 0 Å². The molecule has 0 heterocycles. The quantitative estimate of drug-likeness (QED) is 0.565. The summed E-state index contributed by atoms with van der Waals surface area (Å²) in [7, 11) is 0. The molecule has 78 valence electrons. The fraction of sp³-hybridized carbons (Fsp3) is 1.00. The van der Waals surface area contributed by atoms with Gasteiger partial charge in [0.1, 0.15) is 0 Å². The normalized spacial score (nSPS) is 18.9. The Kier molecular flexibility index (Phi) is 5.40. The first kappa shape index (κ1) is 11.0. The molecular weight excluding hydrogens is 160 g/mol. The fourth-order valence-corrected chi connectivity index (χ4v) is 1.54. The van der Waals surface area contributed by atoms with E-state index < -0.39 is 0 Å². The number of nitrogens with two attached hydrogens (primary N) is 1. The average molecular weight is 184 g/mol. The van der Waals surface area contributed by atoms with E-state index in [0.717, 1.165) is 25.3 Å². The minimum absolute atomic E-state index is 0.399. The predicted octanol–water partition coefficient (Wildman–Crippen LogP) is 1.89. The number of hydrogen-bond acceptors (Lipinski definition) is 2. The standard InChI is InChI=1S/C11H24N2/c1-2-11(12)7-9-13-8-3-4-10-5-6-10/h10-11,13H,2-9,12H2,1H3. The Bertz CT molecular complexity index is 121. The largest absolute Gasteiger partial charge is 0.328 e. The van der Waals surface area contributed by atoms with Gasteiger partial charge in [0.05, 0.1) is 0 Å². The van der Waals surface area contributed by atoms with Gasteiger partial charge < -0.3 is 11.1 Å². The molecule has 13 heavy (non-hydrogen) atoms. The molecular formula is C11H24N2. The van der Waals surface area contributed by atoms with Crippen LogP contribution in [0.5, 0.6) is 0 Å². The Morgan fingerprint density at radius 3 is 2.77 bits per heavy atom. The van der Waals surface area contributed by atoms with Gasteiger partial charge in [0.25, 0.3) is 0 Å². The highest BCUT2D eigenvalue weighted by Gasteiger charge is 2.19. The highest BCUT2D eigenvalue weighted by Crippen LogP contribution is 2.33. The van der Waals surface area contributed by atoms with Crippen molar-refractivity contribution in [3.8, 4) is 0 Å². The topological polar surface area (TPSA) is 38.0 Å². The summed E-state index contributed by atoms with van der Waals surface area (Å²) in [5.74, 6) is 1.08. The second-order valence-corrected chi connectivity index (χ2v) is 4.29.